The first-order valence-electron chi connectivity index (χ1n) is 12.8. The molecular formula is C32H28F2N2O3. The topological polar surface area (TPSA) is 69.6 Å². The number of nitrogens with zero attached hydrogens (tertiary/aromatic N) is 1. The third kappa shape index (κ3) is 5.73. The van der Waals surface area contributed by atoms with Crippen molar-refractivity contribution in [1.29, 1.82) is 0 Å². The standard InChI is InChI=1S/C32H28F2N2O3/c1-20(37)35-27-4-2-3-24(19-27)21-5-7-23(8-6-21)31-29(17-18-30(38)22-9-11-25(33)12-10-22)32(39)36(31)28-15-13-26(34)14-16-28/h2-16,19,29-31,38H,17-18H2,1H3,(H,35,37)/t29-,30+,31-/m1/s1. The maximum Gasteiger partial charge on any atom is 0.233 e. The monoisotopic (exact) mass is 526 g/mol. The molecule has 5 nitrogen and oxygen atoms in total. The summed E-state index contributed by atoms with van der Waals surface area (Å²) in [6.45, 7) is 1.46. The number of hydrogen-bond acceptors (Lipinski definition) is 3. The number of halogens is 2. The van der Waals surface area contributed by atoms with E-state index in [2.05, 4.69) is 5.32 Å². The van der Waals surface area contributed by atoms with Crippen LogP contribution < -0.4 is 10.2 Å². The number of aliphatic hydroxyl groups is 1. The second-order valence-electron chi connectivity index (χ2n) is 9.76. The zero-order chi connectivity index (χ0) is 27.5. The zero-order valence-electron chi connectivity index (χ0n) is 21.4. The number of nitrogens with one attached hydrogen (secondary N) is 1. The van der Waals surface area contributed by atoms with Crippen molar-refractivity contribution in [3.63, 3.8) is 0 Å². The molecule has 3 atom stereocenters. The van der Waals surface area contributed by atoms with Crippen LogP contribution in [0, 0.1) is 17.6 Å². The summed E-state index contributed by atoms with van der Waals surface area (Å²) >= 11 is 0. The van der Waals surface area contributed by atoms with Crippen LogP contribution in [0.5, 0.6) is 0 Å². The molecule has 1 fully saturated rings. The Balaban J connectivity index is 1.39. The van der Waals surface area contributed by atoms with E-state index in [9.17, 15) is 23.5 Å². The average Bonchev–Trinajstić information content (AvgIpc) is 2.93. The first-order valence-corrected chi connectivity index (χ1v) is 12.8. The number of carbonyl (C=O) groups is 2. The lowest BCUT2D eigenvalue weighted by atomic mass is 9.78. The molecule has 5 rings (SSSR count). The van der Waals surface area contributed by atoms with Crippen LogP contribution in [0.3, 0.4) is 0 Å². The number of aliphatic hydroxyl groups excluding tert-OH is 1. The molecule has 2 amide bonds. The van der Waals surface area contributed by atoms with E-state index in [-0.39, 0.29) is 35.4 Å². The lowest BCUT2D eigenvalue weighted by molar-refractivity contribution is -0.131. The van der Waals surface area contributed by atoms with Crippen LogP contribution in [0.25, 0.3) is 11.1 Å². The van der Waals surface area contributed by atoms with Crippen LogP contribution in [0.15, 0.2) is 97.1 Å². The van der Waals surface area contributed by atoms with Gasteiger partial charge in [-0.2, -0.15) is 0 Å². The Labute approximate surface area is 225 Å². The van der Waals surface area contributed by atoms with Crippen molar-refractivity contribution in [2.75, 3.05) is 10.2 Å². The quantitative estimate of drug-likeness (QED) is 0.248. The van der Waals surface area contributed by atoms with Gasteiger partial charge in [0.15, 0.2) is 0 Å². The normalized spacial score (nSPS) is 17.4. The summed E-state index contributed by atoms with van der Waals surface area (Å²) in [6, 6.07) is 26.7. The summed E-state index contributed by atoms with van der Waals surface area (Å²) in [4.78, 5) is 26.4. The zero-order valence-corrected chi connectivity index (χ0v) is 21.4. The highest BCUT2D eigenvalue weighted by atomic mass is 19.1. The molecule has 39 heavy (non-hydrogen) atoms. The second kappa shape index (κ2) is 11.2. The first-order chi connectivity index (χ1) is 18.8. The van der Waals surface area contributed by atoms with Gasteiger partial charge in [-0.15, -0.1) is 0 Å². The van der Waals surface area contributed by atoms with Crippen molar-refractivity contribution >= 4 is 23.2 Å². The Kier molecular flexibility index (Phi) is 7.52. The Morgan fingerprint density at radius 3 is 2.18 bits per heavy atom. The molecular weight excluding hydrogens is 498 g/mol. The lowest BCUT2D eigenvalue weighted by Crippen LogP contribution is -2.55. The largest absolute Gasteiger partial charge is 0.388 e. The summed E-state index contributed by atoms with van der Waals surface area (Å²) in [5, 5.41) is 13.5. The fraction of sp³-hybridized carbons (Fsp3) is 0.188. The van der Waals surface area contributed by atoms with Gasteiger partial charge in [0.25, 0.3) is 0 Å². The summed E-state index contributed by atoms with van der Waals surface area (Å²) in [6.07, 6.45) is -0.0541. The van der Waals surface area contributed by atoms with E-state index in [1.54, 1.807) is 29.2 Å². The third-order valence-corrected chi connectivity index (χ3v) is 7.09. The SMILES string of the molecule is CC(=O)Nc1cccc(-c2ccc([C@@H]3[C@@H](CC[C@H](O)c4ccc(F)cc4)C(=O)N3c3ccc(F)cc3)cc2)c1. The van der Waals surface area contributed by atoms with Gasteiger partial charge in [-0.05, 0) is 83.6 Å². The molecule has 4 aromatic rings. The molecule has 1 saturated heterocycles. The van der Waals surface area contributed by atoms with Gasteiger partial charge in [-0.1, -0.05) is 48.5 Å². The van der Waals surface area contributed by atoms with Crippen LogP contribution >= 0.6 is 0 Å². The fourth-order valence-corrected chi connectivity index (χ4v) is 5.14. The average molecular weight is 527 g/mol. The number of anilines is 2. The molecule has 2 N–H and O–H groups in total. The third-order valence-electron chi connectivity index (χ3n) is 7.09. The number of hydrogen-bond donors (Lipinski definition) is 2. The van der Waals surface area contributed by atoms with Crippen LogP contribution in [-0.4, -0.2) is 16.9 Å². The van der Waals surface area contributed by atoms with E-state index < -0.39 is 6.10 Å². The molecule has 0 unspecified atom stereocenters. The lowest BCUT2D eigenvalue weighted by Gasteiger charge is -2.48. The molecule has 0 radical (unpaired) electrons. The van der Waals surface area contributed by atoms with Crippen molar-refractivity contribution in [3.8, 4) is 11.1 Å². The molecule has 0 saturated carbocycles. The molecule has 1 aliphatic rings. The fourth-order valence-electron chi connectivity index (χ4n) is 5.14. The molecule has 7 heteroatoms. The van der Waals surface area contributed by atoms with Crippen LogP contribution in [0.4, 0.5) is 20.2 Å². The molecule has 1 aliphatic heterocycles. The molecule has 198 valence electrons. The Bertz CT molecular complexity index is 1470. The van der Waals surface area contributed by atoms with Gasteiger partial charge in [-0.3, -0.25) is 9.59 Å². The number of rotatable bonds is 8. The first kappa shape index (κ1) is 26.3. The summed E-state index contributed by atoms with van der Waals surface area (Å²) in [5.41, 5.74) is 4.72. The molecule has 0 aromatic heterocycles. The van der Waals surface area contributed by atoms with E-state index in [1.807, 2.05) is 48.5 Å². The second-order valence-corrected chi connectivity index (χ2v) is 9.76. The van der Waals surface area contributed by atoms with E-state index >= 15 is 0 Å². The van der Waals surface area contributed by atoms with Crippen molar-refractivity contribution in [2.45, 2.75) is 31.9 Å². The highest BCUT2D eigenvalue weighted by molar-refractivity contribution is 6.03. The highest BCUT2D eigenvalue weighted by Crippen LogP contribution is 2.46. The maximum atomic E-state index is 13.6. The highest BCUT2D eigenvalue weighted by Gasteiger charge is 2.48. The Hall–Kier alpha value is -4.36. The minimum Gasteiger partial charge on any atom is -0.388 e. The van der Waals surface area contributed by atoms with E-state index in [0.717, 1.165) is 16.7 Å². The minimum absolute atomic E-state index is 0.0926. The van der Waals surface area contributed by atoms with Crippen molar-refractivity contribution < 1.29 is 23.5 Å². The summed E-state index contributed by atoms with van der Waals surface area (Å²) in [7, 11) is 0. The summed E-state index contributed by atoms with van der Waals surface area (Å²) < 4.78 is 26.9. The Morgan fingerprint density at radius 2 is 1.54 bits per heavy atom. The number of benzene rings is 4. The number of β-lactam (4-membered cyclic amide) rings is 1. The number of amides is 2. The molecule has 0 bridgehead atoms. The molecule has 4 aromatic carbocycles. The predicted octanol–water partition coefficient (Wildman–Crippen LogP) is 6.81. The van der Waals surface area contributed by atoms with Crippen LogP contribution in [0.1, 0.15) is 43.0 Å². The van der Waals surface area contributed by atoms with E-state index in [4.69, 9.17) is 0 Å². The number of carbonyl (C=O) groups excluding carboxylic acids is 2. The van der Waals surface area contributed by atoms with Gasteiger partial charge in [0.05, 0.1) is 18.1 Å². The molecule has 0 aliphatic carbocycles. The van der Waals surface area contributed by atoms with Gasteiger partial charge in [-0.25, -0.2) is 8.78 Å². The van der Waals surface area contributed by atoms with Crippen LogP contribution in [-0.2, 0) is 9.59 Å². The van der Waals surface area contributed by atoms with Crippen molar-refractivity contribution in [2.24, 2.45) is 5.92 Å². The van der Waals surface area contributed by atoms with Gasteiger partial charge >= 0.3 is 0 Å². The van der Waals surface area contributed by atoms with Gasteiger partial charge in [0.1, 0.15) is 11.6 Å². The van der Waals surface area contributed by atoms with Gasteiger partial charge < -0.3 is 15.3 Å². The van der Waals surface area contributed by atoms with Gasteiger partial charge in [0, 0.05) is 18.3 Å². The molecule has 0 spiro atoms. The molecule has 1 heterocycles. The van der Waals surface area contributed by atoms with Crippen molar-refractivity contribution in [3.05, 3.63) is 120 Å². The smallest absolute Gasteiger partial charge is 0.233 e. The van der Waals surface area contributed by atoms with E-state index in [1.165, 1.54) is 31.2 Å². The van der Waals surface area contributed by atoms with Crippen molar-refractivity contribution in [1.82, 2.24) is 0 Å². The van der Waals surface area contributed by atoms with Gasteiger partial charge in [0.2, 0.25) is 11.8 Å². The minimum atomic E-state index is -0.822. The Morgan fingerprint density at radius 1 is 0.897 bits per heavy atom. The van der Waals surface area contributed by atoms with E-state index in [0.29, 0.717) is 29.8 Å². The predicted molar refractivity (Wildman–Crippen MR) is 147 cm³/mol. The maximum absolute atomic E-state index is 13.6. The summed E-state index contributed by atoms with van der Waals surface area (Å²) in [5.74, 6) is -1.37. The van der Waals surface area contributed by atoms with Crippen LogP contribution in [0.2, 0.25) is 0 Å².